The SMILES string of the molecule is CCN(CC)Cc1cn2c(n1)CN(Cc1ccc3c(c1)OCO3)CC2. The molecule has 0 saturated heterocycles. The zero-order valence-electron chi connectivity index (χ0n) is 15.1. The van der Waals surface area contributed by atoms with Crippen LogP contribution in [-0.4, -0.2) is 45.8 Å². The van der Waals surface area contributed by atoms with Gasteiger partial charge >= 0.3 is 0 Å². The molecule has 0 amide bonds. The molecule has 6 nitrogen and oxygen atoms in total. The molecule has 2 aromatic rings. The topological polar surface area (TPSA) is 42.8 Å². The summed E-state index contributed by atoms with van der Waals surface area (Å²) >= 11 is 0. The van der Waals surface area contributed by atoms with E-state index < -0.39 is 0 Å². The summed E-state index contributed by atoms with van der Waals surface area (Å²) in [5.74, 6) is 2.88. The lowest BCUT2D eigenvalue weighted by molar-refractivity contribution is 0.173. The maximum atomic E-state index is 5.48. The quantitative estimate of drug-likeness (QED) is 0.807. The minimum atomic E-state index is 0.329. The molecule has 0 spiro atoms. The van der Waals surface area contributed by atoms with Crippen molar-refractivity contribution >= 4 is 0 Å². The molecule has 0 fully saturated rings. The van der Waals surface area contributed by atoms with E-state index in [0.29, 0.717) is 6.79 Å². The monoisotopic (exact) mass is 342 g/mol. The Balaban J connectivity index is 1.41. The van der Waals surface area contributed by atoms with Crippen molar-refractivity contribution in [3.63, 3.8) is 0 Å². The molecule has 2 aliphatic rings. The maximum Gasteiger partial charge on any atom is 0.231 e. The number of rotatable bonds is 6. The van der Waals surface area contributed by atoms with Crippen molar-refractivity contribution in [2.24, 2.45) is 0 Å². The van der Waals surface area contributed by atoms with Crippen molar-refractivity contribution < 1.29 is 9.47 Å². The lowest BCUT2D eigenvalue weighted by Crippen LogP contribution is -2.33. The summed E-state index contributed by atoms with van der Waals surface area (Å²) in [4.78, 5) is 9.72. The lowest BCUT2D eigenvalue weighted by Gasteiger charge is -2.27. The van der Waals surface area contributed by atoms with Crippen molar-refractivity contribution in [1.29, 1.82) is 0 Å². The largest absolute Gasteiger partial charge is 0.454 e. The fourth-order valence-electron chi connectivity index (χ4n) is 3.55. The number of benzene rings is 1. The van der Waals surface area contributed by atoms with Gasteiger partial charge in [-0.05, 0) is 30.8 Å². The van der Waals surface area contributed by atoms with Gasteiger partial charge in [-0.3, -0.25) is 9.80 Å². The Hall–Kier alpha value is -2.05. The molecule has 1 aromatic heterocycles. The fraction of sp³-hybridized carbons (Fsp3) is 0.526. The van der Waals surface area contributed by atoms with E-state index in [-0.39, 0.29) is 0 Å². The van der Waals surface area contributed by atoms with Gasteiger partial charge in [-0.15, -0.1) is 0 Å². The van der Waals surface area contributed by atoms with Crippen LogP contribution >= 0.6 is 0 Å². The summed E-state index contributed by atoms with van der Waals surface area (Å²) in [5.41, 5.74) is 2.44. The van der Waals surface area contributed by atoms with Gasteiger partial charge in [-0.1, -0.05) is 19.9 Å². The fourth-order valence-corrected chi connectivity index (χ4v) is 3.55. The van der Waals surface area contributed by atoms with Crippen LogP contribution in [0, 0.1) is 0 Å². The van der Waals surface area contributed by atoms with E-state index in [1.54, 1.807) is 0 Å². The molecule has 6 heteroatoms. The molecule has 0 N–H and O–H groups in total. The molecular formula is C19H26N4O2. The van der Waals surface area contributed by atoms with Gasteiger partial charge in [0.05, 0.1) is 12.2 Å². The Bertz CT molecular complexity index is 739. The van der Waals surface area contributed by atoms with E-state index >= 15 is 0 Å². The summed E-state index contributed by atoms with van der Waals surface area (Å²) in [6.45, 7) is 11.7. The van der Waals surface area contributed by atoms with E-state index in [9.17, 15) is 0 Å². The highest BCUT2D eigenvalue weighted by atomic mass is 16.7. The Morgan fingerprint density at radius 3 is 2.80 bits per heavy atom. The molecule has 1 aromatic carbocycles. The average molecular weight is 342 g/mol. The van der Waals surface area contributed by atoms with Crippen molar-refractivity contribution in [3.05, 3.63) is 41.5 Å². The van der Waals surface area contributed by atoms with E-state index in [1.807, 2.05) is 6.07 Å². The maximum absolute atomic E-state index is 5.48. The van der Waals surface area contributed by atoms with Crippen molar-refractivity contribution in [3.8, 4) is 11.5 Å². The van der Waals surface area contributed by atoms with E-state index in [4.69, 9.17) is 14.5 Å². The van der Waals surface area contributed by atoms with Gasteiger partial charge in [0.2, 0.25) is 6.79 Å². The van der Waals surface area contributed by atoms with E-state index in [0.717, 1.165) is 57.3 Å². The molecule has 25 heavy (non-hydrogen) atoms. The van der Waals surface area contributed by atoms with Crippen LogP contribution in [0.4, 0.5) is 0 Å². The van der Waals surface area contributed by atoms with Gasteiger partial charge in [0.1, 0.15) is 5.82 Å². The molecule has 0 atom stereocenters. The van der Waals surface area contributed by atoms with Crippen LogP contribution in [0.25, 0.3) is 0 Å². The molecule has 2 aliphatic heterocycles. The van der Waals surface area contributed by atoms with Gasteiger partial charge in [0.25, 0.3) is 0 Å². The first-order valence-corrected chi connectivity index (χ1v) is 9.13. The average Bonchev–Trinajstić information content (AvgIpc) is 3.24. The number of hydrogen-bond acceptors (Lipinski definition) is 5. The highest BCUT2D eigenvalue weighted by Crippen LogP contribution is 2.33. The molecule has 0 unspecified atom stereocenters. The molecule has 0 bridgehead atoms. The lowest BCUT2D eigenvalue weighted by atomic mass is 10.2. The van der Waals surface area contributed by atoms with Crippen molar-refractivity contribution in [2.75, 3.05) is 26.4 Å². The molecule has 0 radical (unpaired) electrons. The molecule has 0 saturated carbocycles. The first-order valence-electron chi connectivity index (χ1n) is 9.13. The minimum Gasteiger partial charge on any atom is -0.454 e. The first-order chi connectivity index (χ1) is 12.2. The Morgan fingerprint density at radius 1 is 1.12 bits per heavy atom. The van der Waals surface area contributed by atoms with Crippen LogP contribution in [-0.2, 0) is 26.2 Å². The summed E-state index contributed by atoms with van der Waals surface area (Å²) in [7, 11) is 0. The Labute approximate surface area is 149 Å². The number of ether oxygens (including phenoxy) is 2. The van der Waals surface area contributed by atoms with Gasteiger partial charge in [-0.2, -0.15) is 0 Å². The van der Waals surface area contributed by atoms with E-state index in [2.05, 4.69) is 46.5 Å². The first kappa shape index (κ1) is 16.4. The van der Waals surface area contributed by atoms with E-state index in [1.165, 1.54) is 17.1 Å². The number of fused-ring (bicyclic) bond motifs is 2. The highest BCUT2D eigenvalue weighted by Gasteiger charge is 2.20. The number of nitrogens with zero attached hydrogens (tertiary/aromatic N) is 4. The van der Waals surface area contributed by atoms with Crippen LogP contribution in [0.5, 0.6) is 11.5 Å². The van der Waals surface area contributed by atoms with Crippen LogP contribution < -0.4 is 9.47 Å². The molecule has 134 valence electrons. The predicted octanol–water partition coefficient (Wildman–Crippen LogP) is 2.47. The predicted molar refractivity (Wildman–Crippen MR) is 95.5 cm³/mol. The summed E-state index contributed by atoms with van der Waals surface area (Å²) in [5, 5.41) is 0. The number of aromatic nitrogens is 2. The zero-order valence-corrected chi connectivity index (χ0v) is 15.1. The summed E-state index contributed by atoms with van der Waals surface area (Å²) in [6.07, 6.45) is 2.23. The third-order valence-corrected chi connectivity index (χ3v) is 5.05. The third-order valence-electron chi connectivity index (χ3n) is 5.05. The smallest absolute Gasteiger partial charge is 0.231 e. The highest BCUT2D eigenvalue weighted by molar-refractivity contribution is 5.44. The molecular weight excluding hydrogens is 316 g/mol. The second kappa shape index (κ2) is 7.06. The molecule has 4 rings (SSSR count). The standard InChI is InChI=1S/C19H26N4O2/c1-3-21(4-2)11-16-12-23-8-7-22(13-19(23)20-16)10-15-5-6-17-18(9-15)25-14-24-17/h5-6,9,12H,3-4,7-8,10-11,13-14H2,1-2H3. The van der Waals surface area contributed by atoms with Gasteiger partial charge in [0.15, 0.2) is 11.5 Å². The zero-order chi connectivity index (χ0) is 17.2. The molecule has 0 aliphatic carbocycles. The van der Waals surface area contributed by atoms with Crippen molar-refractivity contribution in [1.82, 2.24) is 19.4 Å². The number of imidazole rings is 1. The van der Waals surface area contributed by atoms with Crippen LogP contribution in [0.2, 0.25) is 0 Å². The summed E-state index contributed by atoms with van der Waals surface area (Å²) in [6, 6.07) is 6.22. The van der Waals surface area contributed by atoms with Crippen LogP contribution in [0.15, 0.2) is 24.4 Å². The van der Waals surface area contributed by atoms with Gasteiger partial charge in [0, 0.05) is 32.4 Å². The second-order valence-electron chi connectivity index (χ2n) is 6.70. The third kappa shape index (κ3) is 3.50. The van der Waals surface area contributed by atoms with Gasteiger partial charge in [-0.25, -0.2) is 4.98 Å². The van der Waals surface area contributed by atoms with Crippen molar-refractivity contribution in [2.45, 2.75) is 40.0 Å². The second-order valence-corrected chi connectivity index (χ2v) is 6.70. The minimum absolute atomic E-state index is 0.329. The molecule has 3 heterocycles. The van der Waals surface area contributed by atoms with Crippen LogP contribution in [0.3, 0.4) is 0 Å². The Kier molecular flexibility index (Phi) is 4.63. The number of hydrogen-bond donors (Lipinski definition) is 0. The Morgan fingerprint density at radius 2 is 1.96 bits per heavy atom. The normalized spacial score (nSPS) is 16.4. The summed E-state index contributed by atoms with van der Waals surface area (Å²) < 4.78 is 13.2. The van der Waals surface area contributed by atoms with Crippen LogP contribution in [0.1, 0.15) is 30.9 Å². The van der Waals surface area contributed by atoms with Gasteiger partial charge < -0.3 is 14.0 Å².